The summed E-state index contributed by atoms with van der Waals surface area (Å²) in [7, 11) is 1.00. The maximum atomic E-state index is 8.64. The fourth-order valence-corrected chi connectivity index (χ4v) is 0. The van der Waals surface area contributed by atoms with Crippen molar-refractivity contribution in [3.63, 3.8) is 0 Å². The van der Waals surface area contributed by atoms with E-state index in [-0.39, 0.29) is 58.4 Å². The van der Waals surface area contributed by atoms with E-state index >= 15 is 0 Å². The van der Waals surface area contributed by atoms with Gasteiger partial charge in [0, 0.05) is 7.11 Å². The van der Waals surface area contributed by atoms with E-state index in [1.54, 1.807) is 0 Å². The number of aliphatic hydroxyl groups is 1. The first-order chi connectivity index (χ1) is 5.00. The quantitative estimate of drug-likeness (QED) is 0.263. The van der Waals surface area contributed by atoms with E-state index < -0.39 is 40.1 Å². The predicted octanol–water partition coefficient (Wildman–Crippen LogP) is -8.53. The van der Waals surface area contributed by atoms with Gasteiger partial charge in [-0.3, -0.25) is 0 Å². The van der Waals surface area contributed by atoms with E-state index in [1.165, 1.54) is 0 Å². The summed E-state index contributed by atoms with van der Waals surface area (Å²) in [5.41, 5.74) is 0. The summed E-state index contributed by atoms with van der Waals surface area (Å²) in [6.45, 7) is 0. The van der Waals surface area contributed by atoms with E-state index in [1.807, 2.05) is 0 Å². The molecule has 0 bridgehead atoms. The Kier molecular flexibility index (Phi) is 46.1. The minimum atomic E-state index is -6.10. The Morgan fingerprint density at radius 2 is 0.667 bits per heavy atom. The van der Waals surface area contributed by atoms with Gasteiger partial charge in [-0.2, -0.15) is 0 Å². The molecule has 0 unspecified atom stereocenters. The van der Waals surface area contributed by atoms with Gasteiger partial charge in [0.05, 0.1) is 0 Å². The van der Waals surface area contributed by atoms with Crippen LogP contribution in [0.3, 0.4) is 0 Å². The van der Waals surface area contributed by atoms with Crippen LogP contribution in [-0.4, -0.2) is 52.3 Å². The monoisotopic (exact) mass is 594 g/mol. The van der Waals surface area contributed by atoms with Gasteiger partial charge in [0.1, 0.15) is 0 Å². The molecule has 0 saturated carbocycles. The molecule has 0 amide bonds. The van der Waals surface area contributed by atoms with Crippen LogP contribution in [0, 0.1) is 0 Å². The minimum Gasteiger partial charge on any atom is 2.00 e. The topological polar surface area (TPSA) is 193 Å². The second-order valence-corrected chi connectivity index (χ2v) is 6.00. The first kappa shape index (κ1) is 36.1. The van der Waals surface area contributed by atoms with Crippen molar-refractivity contribution in [2.24, 2.45) is 0 Å². The van der Waals surface area contributed by atoms with Gasteiger partial charge in [-0.15, -0.1) is 0 Å². The summed E-state index contributed by atoms with van der Waals surface area (Å²) < 4.78 is 69.1. The fraction of sp³-hybridized carbons (Fsp3) is 1.00. The summed E-state index contributed by atoms with van der Waals surface area (Å²) in [6.07, 6.45) is 0. The molecule has 1 N–H and O–H groups in total. The first-order valence-electron chi connectivity index (χ1n) is 1.91. The third-order valence-corrected chi connectivity index (χ3v) is 0. The first-order valence-corrected chi connectivity index (χ1v) is 10.2. The molecule has 0 saturated heterocycles. The maximum absolute atomic E-state index is 8.64. The van der Waals surface area contributed by atoms with Crippen LogP contribution in [0.2, 0.25) is 0 Å². The zero-order chi connectivity index (χ0) is 11.0. The minimum absolute atomic E-state index is 0. The van der Waals surface area contributed by atoms with Gasteiger partial charge < -0.3 is 5.11 Å². The fourth-order valence-electron chi connectivity index (χ4n) is 0. The van der Waals surface area contributed by atoms with E-state index in [4.69, 9.17) is 31.5 Å². The molecule has 9 nitrogen and oxygen atoms in total. The summed E-state index contributed by atoms with van der Waals surface area (Å²) in [5.74, 6) is 0. The van der Waals surface area contributed by atoms with Crippen LogP contribution in [0.1, 0.15) is 0 Å². The van der Waals surface area contributed by atoms with Gasteiger partial charge in [0.2, 0.25) is 0 Å². The summed E-state index contributed by atoms with van der Waals surface area (Å²) in [6, 6.07) is 0. The van der Waals surface area contributed by atoms with Crippen molar-refractivity contribution in [1.29, 1.82) is 0 Å². The third-order valence-electron chi connectivity index (χ3n) is 0. The summed E-state index contributed by atoms with van der Waals surface area (Å²) in [4.78, 5) is 0. The van der Waals surface area contributed by atoms with E-state index in [0.717, 1.165) is 7.11 Å². The molecule has 0 radical (unpaired) electrons. The molecule has 14 heteroatoms. The number of rotatable bonds is 0. The number of aliphatic hydroxyl groups excluding tert-OH is 1. The molecule has 15 heavy (non-hydrogen) atoms. The van der Waals surface area contributed by atoms with Crippen molar-refractivity contribution in [2.75, 3.05) is 7.11 Å². The van der Waals surface area contributed by atoms with Crippen molar-refractivity contribution in [3.05, 3.63) is 0 Å². The SMILES string of the molecule is CO.[O]=[Sb]([O-])([O-])[O-].[O]=[Sb]([O-])([O-])[O-].[Zn+2].[Zn+2].[Zn+2]. The molecule has 0 aliphatic carbocycles. The van der Waals surface area contributed by atoms with Crippen LogP contribution in [0.25, 0.3) is 0 Å². The Balaban J connectivity index is -0.0000000197. The molecule has 0 fully saturated rings. The van der Waals surface area contributed by atoms with E-state index in [0.29, 0.717) is 0 Å². The molecule has 0 atom stereocenters. The zero-order valence-corrected chi connectivity index (χ0v) is 21.7. The molecule has 0 aliphatic rings. The van der Waals surface area contributed by atoms with Gasteiger partial charge in [-0.25, -0.2) is 0 Å². The smallest absolute Gasteiger partial charge is 2.00 e. The molecule has 0 aliphatic heterocycles. The van der Waals surface area contributed by atoms with Crippen LogP contribution in [-0.2, 0) is 64.5 Å². The van der Waals surface area contributed by atoms with Gasteiger partial charge in [-0.1, -0.05) is 0 Å². The van der Waals surface area contributed by atoms with E-state index in [2.05, 4.69) is 0 Å². The summed E-state index contributed by atoms with van der Waals surface area (Å²) >= 11 is -12.2. The van der Waals surface area contributed by atoms with Crippen LogP contribution < -0.4 is 20.3 Å². The zero-order valence-electron chi connectivity index (χ0n) is 7.73. The van der Waals surface area contributed by atoms with Gasteiger partial charge >= 0.3 is 125 Å². The van der Waals surface area contributed by atoms with Crippen molar-refractivity contribution < 1.29 is 89.9 Å². The molecule has 0 aromatic carbocycles. The number of hydrogen-bond donors (Lipinski definition) is 1. The molecule has 78 valence electrons. The van der Waals surface area contributed by atoms with Crippen LogP contribution >= 0.6 is 0 Å². The Morgan fingerprint density at radius 1 is 0.667 bits per heavy atom. The Morgan fingerprint density at radius 3 is 0.667 bits per heavy atom. The maximum Gasteiger partial charge on any atom is 2.00 e. The molecule has 0 spiro atoms. The summed E-state index contributed by atoms with van der Waals surface area (Å²) in [5, 5.41) is 7.00. The van der Waals surface area contributed by atoms with Crippen molar-refractivity contribution >= 4 is 40.1 Å². The molecular weight excluding hydrogens is 596 g/mol. The van der Waals surface area contributed by atoms with Crippen molar-refractivity contribution in [1.82, 2.24) is 0 Å². The van der Waals surface area contributed by atoms with E-state index in [9.17, 15) is 0 Å². The number of hydrogen-bond acceptors (Lipinski definition) is 9. The molecule has 0 rings (SSSR count). The van der Waals surface area contributed by atoms with Crippen molar-refractivity contribution in [2.45, 2.75) is 0 Å². The molecular formula is CH4O9Sb2Zn3. The molecule has 0 aromatic rings. The van der Waals surface area contributed by atoms with Crippen molar-refractivity contribution in [3.8, 4) is 0 Å². The van der Waals surface area contributed by atoms with Gasteiger partial charge in [-0.05, 0) is 0 Å². The van der Waals surface area contributed by atoms with Crippen LogP contribution in [0.15, 0.2) is 0 Å². The van der Waals surface area contributed by atoms with Gasteiger partial charge in [0.25, 0.3) is 0 Å². The van der Waals surface area contributed by atoms with Crippen LogP contribution in [0.5, 0.6) is 0 Å². The second kappa shape index (κ2) is 19.2. The van der Waals surface area contributed by atoms with Crippen LogP contribution in [0.4, 0.5) is 0 Å². The average Bonchev–Trinajstić information content (AvgIpc) is 1.59. The largest absolute Gasteiger partial charge is 2.00 e. The average molecular weight is 600 g/mol. The second-order valence-electron chi connectivity index (χ2n) is 0.894. The standard InChI is InChI=1S/CH4O.8O.2Sb.3Zn/c1-2;;;;;;;;;;;;;/h2H,1H3;;;;;;;;;;;;;/q;;;6*-1;;;3*+2. The molecule has 0 heterocycles. The normalized spacial score (nSPS) is 8.27. The van der Waals surface area contributed by atoms with Gasteiger partial charge in [0.15, 0.2) is 0 Å². The third kappa shape index (κ3) is 463. The molecule has 0 aromatic heterocycles. The Bertz CT molecular complexity index is 136. The predicted molar refractivity (Wildman–Crippen MR) is 21.0 cm³/mol. The Hall–Kier alpha value is 2.83. The Labute approximate surface area is 135 Å².